The number of piperazine rings is 1. The van der Waals surface area contributed by atoms with Crippen molar-refractivity contribution in [1.29, 1.82) is 0 Å². The highest BCUT2D eigenvalue weighted by molar-refractivity contribution is 5.76. The Hall–Kier alpha value is -3.17. The zero-order valence-electron chi connectivity index (χ0n) is 18.1. The topological polar surface area (TPSA) is 82.0 Å². The van der Waals surface area contributed by atoms with Crippen molar-refractivity contribution in [1.82, 2.24) is 24.8 Å². The molecule has 0 N–H and O–H groups in total. The quantitative estimate of drug-likeness (QED) is 0.565. The van der Waals surface area contributed by atoms with Gasteiger partial charge in [0.05, 0.1) is 33.4 Å². The maximum Gasteiger partial charge on any atom is 0.278 e. The number of fused-ring (bicyclic) bond motifs is 1. The Morgan fingerprint density at radius 1 is 0.871 bits per heavy atom. The zero-order valence-corrected chi connectivity index (χ0v) is 18.1. The fraction of sp³-hybridized carbons (Fsp3) is 0.409. The van der Waals surface area contributed by atoms with E-state index >= 15 is 0 Å². The van der Waals surface area contributed by atoms with Crippen LogP contribution in [0.3, 0.4) is 0 Å². The van der Waals surface area contributed by atoms with Gasteiger partial charge in [0.1, 0.15) is 5.52 Å². The minimum atomic E-state index is -0.108. The molecule has 2 heterocycles. The maximum atomic E-state index is 12.7. The van der Waals surface area contributed by atoms with Crippen molar-refractivity contribution in [3.05, 3.63) is 52.3 Å². The normalized spacial score (nSPS) is 15.2. The smallest absolute Gasteiger partial charge is 0.278 e. The van der Waals surface area contributed by atoms with Gasteiger partial charge in [0.2, 0.25) is 5.75 Å². The fourth-order valence-electron chi connectivity index (χ4n) is 3.92. The minimum Gasteiger partial charge on any atom is -0.493 e. The average Bonchev–Trinajstić information content (AvgIpc) is 2.81. The van der Waals surface area contributed by atoms with Crippen LogP contribution in [0.5, 0.6) is 17.2 Å². The van der Waals surface area contributed by atoms with Crippen LogP contribution in [-0.4, -0.2) is 72.3 Å². The number of methoxy groups -OCH3 is 3. The summed E-state index contributed by atoms with van der Waals surface area (Å²) in [5, 5.41) is 8.86. The third-order valence-electron chi connectivity index (χ3n) is 5.61. The van der Waals surface area contributed by atoms with Crippen LogP contribution in [0.1, 0.15) is 5.56 Å². The van der Waals surface area contributed by atoms with Gasteiger partial charge in [-0.15, -0.1) is 5.10 Å². The van der Waals surface area contributed by atoms with Crippen molar-refractivity contribution in [2.75, 3.05) is 47.5 Å². The predicted molar refractivity (Wildman–Crippen MR) is 117 cm³/mol. The van der Waals surface area contributed by atoms with Crippen molar-refractivity contribution < 1.29 is 14.2 Å². The van der Waals surface area contributed by atoms with E-state index in [1.807, 2.05) is 24.3 Å². The van der Waals surface area contributed by atoms with Crippen LogP contribution in [0.4, 0.5) is 0 Å². The van der Waals surface area contributed by atoms with Gasteiger partial charge in [0.15, 0.2) is 11.5 Å². The van der Waals surface area contributed by atoms with Crippen LogP contribution < -0.4 is 19.8 Å². The van der Waals surface area contributed by atoms with Crippen molar-refractivity contribution in [3.63, 3.8) is 0 Å². The molecule has 1 aromatic heterocycles. The summed E-state index contributed by atoms with van der Waals surface area (Å²) in [6, 6.07) is 11.2. The number of nitrogens with zero attached hydrogens (tertiary/aromatic N) is 5. The molecule has 1 fully saturated rings. The minimum absolute atomic E-state index is 0.108. The Morgan fingerprint density at radius 2 is 1.58 bits per heavy atom. The first-order chi connectivity index (χ1) is 15.1. The predicted octanol–water partition coefficient (Wildman–Crippen LogP) is 1.59. The number of hydrogen-bond acceptors (Lipinski definition) is 8. The van der Waals surface area contributed by atoms with E-state index < -0.39 is 0 Å². The lowest BCUT2D eigenvalue weighted by Gasteiger charge is -2.34. The summed E-state index contributed by atoms with van der Waals surface area (Å²) < 4.78 is 17.9. The Labute approximate surface area is 180 Å². The molecule has 1 aliphatic heterocycles. The molecule has 0 atom stereocenters. The largest absolute Gasteiger partial charge is 0.493 e. The molecule has 0 amide bonds. The van der Waals surface area contributed by atoms with Crippen LogP contribution in [-0.2, 0) is 13.2 Å². The summed E-state index contributed by atoms with van der Waals surface area (Å²) in [5.41, 5.74) is 1.56. The van der Waals surface area contributed by atoms with Gasteiger partial charge in [0, 0.05) is 38.3 Å². The summed E-state index contributed by atoms with van der Waals surface area (Å²) in [6.07, 6.45) is 0. The lowest BCUT2D eigenvalue weighted by atomic mass is 10.1. The van der Waals surface area contributed by atoms with Crippen LogP contribution in [0.25, 0.3) is 10.9 Å². The molecular formula is C22H27N5O4. The Bertz CT molecular complexity index is 1110. The van der Waals surface area contributed by atoms with Crippen LogP contribution in [0.2, 0.25) is 0 Å². The van der Waals surface area contributed by atoms with E-state index in [2.05, 4.69) is 20.1 Å². The molecule has 3 aromatic rings. The van der Waals surface area contributed by atoms with Gasteiger partial charge < -0.3 is 14.2 Å². The molecular weight excluding hydrogens is 398 g/mol. The monoisotopic (exact) mass is 425 g/mol. The number of benzene rings is 2. The molecule has 164 valence electrons. The Balaban J connectivity index is 1.41. The van der Waals surface area contributed by atoms with Crippen molar-refractivity contribution in [2.24, 2.45) is 0 Å². The third-order valence-corrected chi connectivity index (χ3v) is 5.61. The first-order valence-corrected chi connectivity index (χ1v) is 10.2. The first kappa shape index (κ1) is 21.1. The Morgan fingerprint density at radius 3 is 2.29 bits per heavy atom. The number of ether oxygens (including phenoxy) is 3. The zero-order chi connectivity index (χ0) is 21.8. The standard InChI is InChI=1S/C22H27N5O4/c1-29-19-9-8-16(20(30-2)21(19)31-3)14-25-10-12-26(13-11-25)15-27-22(28)17-6-4-5-7-18(17)23-24-27/h4-9H,10-15H2,1-3H3. The molecule has 0 radical (unpaired) electrons. The summed E-state index contributed by atoms with van der Waals surface area (Å²) in [7, 11) is 4.86. The van der Waals surface area contributed by atoms with Crippen LogP contribution >= 0.6 is 0 Å². The van der Waals surface area contributed by atoms with Crippen LogP contribution in [0.15, 0.2) is 41.2 Å². The average molecular weight is 425 g/mol. The lowest BCUT2D eigenvalue weighted by Crippen LogP contribution is -2.47. The second kappa shape index (κ2) is 9.32. The van der Waals surface area contributed by atoms with E-state index in [-0.39, 0.29) is 5.56 Å². The summed E-state index contributed by atoms with van der Waals surface area (Å²) in [5.74, 6) is 1.95. The van der Waals surface area contributed by atoms with Crippen molar-refractivity contribution in [2.45, 2.75) is 13.2 Å². The van der Waals surface area contributed by atoms with E-state index in [0.717, 1.165) is 38.3 Å². The molecule has 31 heavy (non-hydrogen) atoms. The molecule has 0 spiro atoms. The molecule has 2 aromatic carbocycles. The van der Waals surface area contributed by atoms with Gasteiger partial charge in [-0.25, -0.2) is 0 Å². The molecule has 0 saturated carbocycles. The molecule has 0 aliphatic carbocycles. The van der Waals surface area contributed by atoms with E-state index in [9.17, 15) is 4.79 Å². The fourth-order valence-corrected chi connectivity index (χ4v) is 3.92. The molecule has 1 aliphatic rings. The second-order valence-electron chi connectivity index (χ2n) is 7.44. The summed E-state index contributed by atoms with van der Waals surface area (Å²) in [6.45, 7) is 4.57. The maximum absolute atomic E-state index is 12.7. The summed E-state index contributed by atoms with van der Waals surface area (Å²) in [4.78, 5) is 17.2. The van der Waals surface area contributed by atoms with Gasteiger partial charge >= 0.3 is 0 Å². The Kier molecular flexibility index (Phi) is 6.34. The highest BCUT2D eigenvalue weighted by atomic mass is 16.5. The van der Waals surface area contributed by atoms with Crippen molar-refractivity contribution in [3.8, 4) is 17.2 Å². The highest BCUT2D eigenvalue weighted by Gasteiger charge is 2.22. The highest BCUT2D eigenvalue weighted by Crippen LogP contribution is 2.40. The van der Waals surface area contributed by atoms with E-state index in [1.54, 1.807) is 33.5 Å². The molecule has 9 heteroatoms. The number of hydrogen-bond donors (Lipinski definition) is 0. The van der Waals surface area contributed by atoms with Gasteiger partial charge in [-0.1, -0.05) is 23.4 Å². The van der Waals surface area contributed by atoms with E-state index in [0.29, 0.717) is 34.8 Å². The molecule has 1 saturated heterocycles. The van der Waals surface area contributed by atoms with Crippen molar-refractivity contribution >= 4 is 10.9 Å². The molecule has 4 rings (SSSR count). The van der Waals surface area contributed by atoms with Gasteiger partial charge in [-0.2, -0.15) is 4.68 Å². The number of aromatic nitrogens is 3. The van der Waals surface area contributed by atoms with E-state index in [4.69, 9.17) is 14.2 Å². The molecule has 9 nitrogen and oxygen atoms in total. The SMILES string of the molecule is COc1ccc(CN2CCN(Cn3nnc4ccccc4c3=O)CC2)c(OC)c1OC. The lowest BCUT2D eigenvalue weighted by molar-refractivity contribution is 0.0955. The van der Waals surface area contributed by atoms with Gasteiger partial charge in [-0.3, -0.25) is 14.6 Å². The molecule has 0 unspecified atom stereocenters. The summed E-state index contributed by atoms with van der Waals surface area (Å²) >= 11 is 0. The third kappa shape index (κ3) is 4.33. The van der Waals surface area contributed by atoms with Gasteiger partial charge in [-0.05, 0) is 18.2 Å². The second-order valence-corrected chi connectivity index (χ2v) is 7.44. The van der Waals surface area contributed by atoms with Gasteiger partial charge in [0.25, 0.3) is 5.56 Å². The molecule has 0 bridgehead atoms. The first-order valence-electron chi connectivity index (χ1n) is 10.2. The van der Waals surface area contributed by atoms with E-state index in [1.165, 1.54) is 4.68 Å². The van der Waals surface area contributed by atoms with Crippen LogP contribution in [0, 0.1) is 0 Å². The number of rotatable bonds is 7.